The van der Waals surface area contributed by atoms with Gasteiger partial charge in [-0.15, -0.1) is 0 Å². The van der Waals surface area contributed by atoms with Crippen LogP contribution in [0, 0.1) is 0 Å². The monoisotopic (exact) mass is 436 g/mol. The van der Waals surface area contributed by atoms with Gasteiger partial charge in [-0.3, -0.25) is 19.1 Å². The van der Waals surface area contributed by atoms with Gasteiger partial charge in [0.2, 0.25) is 5.91 Å². The van der Waals surface area contributed by atoms with Crippen LogP contribution in [0.3, 0.4) is 0 Å². The molecule has 0 aliphatic carbocycles. The molecule has 0 atom stereocenters. The first-order valence-electron chi connectivity index (χ1n) is 10.5. The van der Waals surface area contributed by atoms with Gasteiger partial charge in [0.05, 0.1) is 13.0 Å². The van der Waals surface area contributed by atoms with Crippen LogP contribution in [0.1, 0.15) is 18.9 Å². The Hall–Kier alpha value is -3.65. The standard InChI is InChI=1S/C24H28N4O4/c1-3-13-28-22(25)21(23(30)26-24(28)31)27(14-15-32-2)20(29)16-17-9-11-19(12-10-17)18-7-5-4-6-8-18/h4-12H,3,13-16,25H2,1-2H3,(H,26,30,31). The number of aromatic nitrogens is 2. The molecule has 0 aliphatic rings. The maximum atomic E-state index is 13.2. The molecule has 0 saturated heterocycles. The molecule has 1 aromatic heterocycles. The second kappa shape index (κ2) is 10.6. The molecule has 0 aliphatic heterocycles. The van der Waals surface area contributed by atoms with Crippen LogP contribution in [0.25, 0.3) is 11.1 Å². The smallest absolute Gasteiger partial charge is 0.330 e. The molecule has 0 saturated carbocycles. The molecular formula is C24H28N4O4. The third-order valence-corrected chi connectivity index (χ3v) is 5.17. The summed E-state index contributed by atoms with van der Waals surface area (Å²) < 4.78 is 6.40. The van der Waals surface area contributed by atoms with Gasteiger partial charge in [0, 0.05) is 20.2 Å². The number of rotatable bonds is 9. The van der Waals surface area contributed by atoms with E-state index < -0.39 is 11.2 Å². The summed E-state index contributed by atoms with van der Waals surface area (Å²) in [5.74, 6) is -0.335. The van der Waals surface area contributed by atoms with E-state index in [4.69, 9.17) is 10.5 Å². The van der Waals surface area contributed by atoms with Crippen molar-refractivity contribution in [3.05, 3.63) is 81.0 Å². The minimum absolute atomic E-state index is 0.0236. The van der Waals surface area contributed by atoms with Crippen LogP contribution in [-0.2, 0) is 22.5 Å². The molecule has 8 heteroatoms. The summed E-state index contributed by atoms with van der Waals surface area (Å²) in [6, 6.07) is 17.6. The third kappa shape index (κ3) is 5.15. The third-order valence-electron chi connectivity index (χ3n) is 5.17. The number of nitrogen functional groups attached to an aromatic ring is 1. The largest absolute Gasteiger partial charge is 0.383 e. The number of nitrogens with two attached hydrogens (primary N) is 1. The summed E-state index contributed by atoms with van der Waals surface area (Å²) >= 11 is 0. The normalized spacial score (nSPS) is 10.8. The molecular weight excluding hydrogens is 408 g/mol. The van der Waals surface area contributed by atoms with Gasteiger partial charge in [-0.2, -0.15) is 0 Å². The molecule has 0 spiro atoms. The van der Waals surface area contributed by atoms with Gasteiger partial charge < -0.3 is 15.4 Å². The number of carbonyl (C=O) groups excluding carboxylic acids is 1. The summed E-state index contributed by atoms with van der Waals surface area (Å²) in [6.45, 7) is 2.57. The minimum Gasteiger partial charge on any atom is -0.383 e. The average Bonchev–Trinajstić information content (AvgIpc) is 2.79. The second-order valence-electron chi connectivity index (χ2n) is 7.42. The van der Waals surface area contributed by atoms with Crippen molar-refractivity contribution in [2.75, 3.05) is 30.9 Å². The topological polar surface area (TPSA) is 110 Å². The number of nitrogens with one attached hydrogen (secondary N) is 1. The molecule has 3 N–H and O–H groups in total. The number of anilines is 2. The fraction of sp³-hybridized carbons (Fsp3) is 0.292. The van der Waals surface area contributed by atoms with Crippen molar-refractivity contribution in [2.45, 2.75) is 26.3 Å². The van der Waals surface area contributed by atoms with Gasteiger partial charge in [-0.05, 0) is 23.1 Å². The summed E-state index contributed by atoms with van der Waals surface area (Å²) in [7, 11) is 1.51. The fourth-order valence-electron chi connectivity index (χ4n) is 3.54. The van der Waals surface area contributed by atoms with Gasteiger partial charge >= 0.3 is 5.69 Å². The van der Waals surface area contributed by atoms with Crippen molar-refractivity contribution < 1.29 is 9.53 Å². The Morgan fingerprint density at radius 1 is 1.06 bits per heavy atom. The number of H-pyrrole nitrogens is 1. The van der Waals surface area contributed by atoms with Crippen molar-refractivity contribution in [1.29, 1.82) is 0 Å². The van der Waals surface area contributed by atoms with E-state index in [2.05, 4.69) is 4.98 Å². The van der Waals surface area contributed by atoms with Crippen LogP contribution in [-0.4, -0.2) is 35.7 Å². The van der Waals surface area contributed by atoms with E-state index in [0.717, 1.165) is 16.7 Å². The van der Waals surface area contributed by atoms with Crippen molar-refractivity contribution in [3.8, 4) is 11.1 Å². The Kier molecular flexibility index (Phi) is 7.62. The Labute approximate surface area is 186 Å². The van der Waals surface area contributed by atoms with E-state index >= 15 is 0 Å². The Morgan fingerprint density at radius 3 is 2.34 bits per heavy atom. The lowest BCUT2D eigenvalue weighted by molar-refractivity contribution is -0.118. The van der Waals surface area contributed by atoms with Gasteiger partial charge in [0.15, 0.2) is 5.69 Å². The zero-order valence-corrected chi connectivity index (χ0v) is 18.3. The van der Waals surface area contributed by atoms with Gasteiger partial charge in [0.1, 0.15) is 5.82 Å². The summed E-state index contributed by atoms with van der Waals surface area (Å²) in [5.41, 5.74) is 7.79. The van der Waals surface area contributed by atoms with E-state index in [9.17, 15) is 14.4 Å². The van der Waals surface area contributed by atoms with Crippen molar-refractivity contribution in [3.63, 3.8) is 0 Å². The highest BCUT2D eigenvalue weighted by Gasteiger charge is 2.24. The molecule has 3 aromatic rings. The lowest BCUT2D eigenvalue weighted by Crippen LogP contribution is -2.43. The number of hydrogen-bond donors (Lipinski definition) is 2. The SMILES string of the molecule is CCCn1c(N)c(N(CCOC)C(=O)Cc2ccc(-c3ccccc3)cc2)c(=O)[nH]c1=O. The zero-order valence-electron chi connectivity index (χ0n) is 18.3. The minimum atomic E-state index is -0.691. The molecule has 3 rings (SSSR count). The predicted molar refractivity (Wildman–Crippen MR) is 126 cm³/mol. The number of ether oxygens (including phenoxy) is 1. The molecule has 2 aromatic carbocycles. The van der Waals surface area contributed by atoms with Crippen molar-refractivity contribution in [2.24, 2.45) is 0 Å². The van der Waals surface area contributed by atoms with Gasteiger partial charge in [0.25, 0.3) is 5.56 Å². The van der Waals surface area contributed by atoms with Crippen LogP contribution < -0.4 is 21.9 Å². The lowest BCUT2D eigenvalue weighted by atomic mass is 10.0. The number of amides is 1. The highest BCUT2D eigenvalue weighted by molar-refractivity contribution is 5.96. The number of carbonyl (C=O) groups is 1. The van der Waals surface area contributed by atoms with E-state index in [-0.39, 0.29) is 37.0 Å². The maximum Gasteiger partial charge on any atom is 0.330 e. The summed E-state index contributed by atoms with van der Waals surface area (Å²) in [5, 5.41) is 0. The first-order chi connectivity index (χ1) is 15.5. The van der Waals surface area contributed by atoms with Crippen molar-refractivity contribution >= 4 is 17.4 Å². The average molecular weight is 437 g/mol. The Morgan fingerprint density at radius 2 is 1.72 bits per heavy atom. The van der Waals surface area contributed by atoms with E-state index in [1.165, 1.54) is 16.6 Å². The summed E-state index contributed by atoms with van der Waals surface area (Å²) in [4.78, 5) is 41.5. The maximum absolute atomic E-state index is 13.2. The second-order valence-corrected chi connectivity index (χ2v) is 7.42. The van der Waals surface area contributed by atoms with Gasteiger partial charge in [-0.1, -0.05) is 61.5 Å². The van der Waals surface area contributed by atoms with Crippen LogP contribution in [0.5, 0.6) is 0 Å². The first-order valence-corrected chi connectivity index (χ1v) is 10.5. The van der Waals surface area contributed by atoms with E-state index in [1.807, 2.05) is 61.5 Å². The van der Waals surface area contributed by atoms with Gasteiger partial charge in [-0.25, -0.2) is 4.79 Å². The molecule has 1 amide bonds. The molecule has 0 radical (unpaired) electrons. The highest BCUT2D eigenvalue weighted by atomic mass is 16.5. The number of aromatic amines is 1. The zero-order chi connectivity index (χ0) is 23.1. The first kappa shape index (κ1) is 23.0. The molecule has 168 valence electrons. The molecule has 0 bridgehead atoms. The Bertz CT molecular complexity index is 1170. The van der Waals surface area contributed by atoms with Crippen molar-refractivity contribution in [1.82, 2.24) is 9.55 Å². The number of benzene rings is 2. The predicted octanol–water partition coefficient (Wildman–Crippen LogP) is 2.42. The number of nitrogens with zero attached hydrogens (tertiary/aromatic N) is 2. The van der Waals surface area contributed by atoms with E-state index in [0.29, 0.717) is 13.0 Å². The van der Waals surface area contributed by atoms with Crippen LogP contribution >= 0.6 is 0 Å². The summed E-state index contributed by atoms with van der Waals surface area (Å²) in [6.07, 6.45) is 0.722. The quantitative estimate of drug-likeness (QED) is 0.535. The molecule has 8 nitrogen and oxygen atoms in total. The molecule has 1 heterocycles. The van der Waals surface area contributed by atoms with E-state index in [1.54, 1.807) is 0 Å². The number of methoxy groups -OCH3 is 1. The number of hydrogen-bond acceptors (Lipinski definition) is 5. The van der Waals surface area contributed by atoms with Crippen LogP contribution in [0.15, 0.2) is 64.2 Å². The van der Waals surface area contributed by atoms with Crippen LogP contribution in [0.2, 0.25) is 0 Å². The lowest BCUT2D eigenvalue weighted by Gasteiger charge is -2.24. The molecule has 32 heavy (non-hydrogen) atoms. The Balaban J connectivity index is 1.90. The van der Waals surface area contributed by atoms with Crippen LogP contribution in [0.4, 0.5) is 11.5 Å². The molecule has 0 fully saturated rings. The highest BCUT2D eigenvalue weighted by Crippen LogP contribution is 2.21. The fourth-order valence-corrected chi connectivity index (χ4v) is 3.54. The molecule has 0 unspecified atom stereocenters.